The molecule has 0 amide bonds. The van der Waals surface area contributed by atoms with E-state index in [2.05, 4.69) is 12.0 Å². The normalized spacial score (nSPS) is 10.7. The highest BCUT2D eigenvalue weighted by atomic mass is 16.1. The van der Waals surface area contributed by atoms with Gasteiger partial charge in [0.25, 0.3) is 0 Å². The van der Waals surface area contributed by atoms with Gasteiger partial charge in [-0.1, -0.05) is 50.8 Å². The molecule has 2 aromatic rings. The summed E-state index contributed by atoms with van der Waals surface area (Å²) in [5, 5.41) is 4.36. The average Bonchev–Trinajstić information content (AvgIpc) is 2.98. The largest absolute Gasteiger partial charge is 0.292 e. The molecule has 0 unspecified atom stereocenters. The molecule has 0 aliphatic rings. The molecule has 20 heavy (non-hydrogen) atoms. The molecule has 0 saturated carbocycles. The fourth-order valence-corrected chi connectivity index (χ4v) is 2.21. The van der Waals surface area contributed by atoms with Crippen molar-refractivity contribution < 1.29 is 4.79 Å². The van der Waals surface area contributed by atoms with Gasteiger partial charge in [-0.3, -0.25) is 4.79 Å². The number of benzene rings is 1. The Hall–Kier alpha value is -1.90. The molecule has 1 heterocycles. The van der Waals surface area contributed by atoms with Crippen LogP contribution in [-0.2, 0) is 0 Å². The summed E-state index contributed by atoms with van der Waals surface area (Å²) < 4.78 is 1.75. The summed E-state index contributed by atoms with van der Waals surface area (Å²) in [7, 11) is 0. The lowest BCUT2D eigenvalue weighted by atomic mass is 10.1. The van der Waals surface area contributed by atoms with Crippen LogP contribution in [0.25, 0.3) is 5.69 Å². The van der Waals surface area contributed by atoms with Crippen molar-refractivity contribution in [2.75, 3.05) is 0 Å². The summed E-state index contributed by atoms with van der Waals surface area (Å²) in [6, 6.07) is 11.7. The van der Waals surface area contributed by atoms with Gasteiger partial charge in [0.15, 0.2) is 5.78 Å². The van der Waals surface area contributed by atoms with Crippen molar-refractivity contribution in [3.8, 4) is 5.69 Å². The van der Waals surface area contributed by atoms with E-state index in [4.69, 9.17) is 0 Å². The van der Waals surface area contributed by atoms with E-state index in [1.54, 1.807) is 10.7 Å². The molecule has 0 fully saturated rings. The molecule has 0 aliphatic heterocycles. The minimum atomic E-state index is 0.149. The van der Waals surface area contributed by atoms with Crippen LogP contribution in [0.2, 0.25) is 0 Å². The summed E-state index contributed by atoms with van der Waals surface area (Å²) in [6.07, 6.45) is 8.28. The van der Waals surface area contributed by atoms with E-state index in [9.17, 15) is 4.79 Å². The third kappa shape index (κ3) is 4.05. The molecule has 0 bridgehead atoms. The lowest BCUT2D eigenvalue weighted by Gasteiger charge is -2.00. The number of unbranched alkanes of at least 4 members (excludes halogenated alkanes) is 4. The van der Waals surface area contributed by atoms with Gasteiger partial charge in [-0.05, 0) is 24.6 Å². The van der Waals surface area contributed by atoms with E-state index >= 15 is 0 Å². The Balaban J connectivity index is 1.87. The summed E-state index contributed by atoms with van der Waals surface area (Å²) in [4.78, 5) is 12.0. The minimum Gasteiger partial charge on any atom is -0.292 e. The van der Waals surface area contributed by atoms with E-state index < -0.39 is 0 Å². The first kappa shape index (κ1) is 14.5. The van der Waals surface area contributed by atoms with Crippen LogP contribution >= 0.6 is 0 Å². The maximum Gasteiger partial charge on any atom is 0.183 e. The Labute approximate surface area is 120 Å². The number of Topliss-reactive ketones (excluding diaryl/α,β-unsaturated/α-hetero) is 1. The lowest BCUT2D eigenvalue weighted by Crippen LogP contribution is -2.02. The molecule has 0 spiro atoms. The van der Waals surface area contributed by atoms with Crippen LogP contribution in [-0.4, -0.2) is 15.6 Å². The summed E-state index contributed by atoms with van der Waals surface area (Å²) in [5.74, 6) is 0.149. The molecular weight excluding hydrogens is 248 g/mol. The Morgan fingerprint density at radius 1 is 1.05 bits per heavy atom. The van der Waals surface area contributed by atoms with Gasteiger partial charge in [0.1, 0.15) is 5.69 Å². The third-order valence-electron chi connectivity index (χ3n) is 3.40. The fraction of sp³-hybridized carbons (Fsp3) is 0.412. The van der Waals surface area contributed by atoms with Crippen molar-refractivity contribution in [3.63, 3.8) is 0 Å². The van der Waals surface area contributed by atoms with E-state index in [0.29, 0.717) is 12.1 Å². The smallest absolute Gasteiger partial charge is 0.183 e. The van der Waals surface area contributed by atoms with Crippen molar-refractivity contribution in [3.05, 3.63) is 48.3 Å². The van der Waals surface area contributed by atoms with E-state index in [1.807, 2.05) is 36.5 Å². The van der Waals surface area contributed by atoms with E-state index in [0.717, 1.165) is 18.5 Å². The number of carbonyl (C=O) groups is 1. The van der Waals surface area contributed by atoms with Gasteiger partial charge in [-0.25, -0.2) is 4.68 Å². The summed E-state index contributed by atoms with van der Waals surface area (Å²) >= 11 is 0. The molecule has 3 heteroatoms. The van der Waals surface area contributed by atoms with Gasteiger partial charge in [-0.15, -0.1) is 0 Å². The number of aromatic nitrogens is 2. The Kier molecular flexibility index (Phi) is 5.54. The number of ketones is 1. The van der Waals surface area contributed by atoms with Crippen molar-refractivity contribution in [1.29, 1.82) is 0 Å². The highest BCUT2D eigenvalue weighted by Gasteiger charge is 2.09. The molecule has 2 rings (SSSR count). The van der Waals surface area contributed by atoms with Crippen LogP contribution in [0.15, 0.2) is 42.6 Å². The standard InChI is InChI=1S/C17H22N2O/c1-2-3-4-5-9-12-17(20)16-13-14-19(18-16)15-10-7-6-8-11-15/h6-8,10-11,13-14H,2-5,9,12H2,1H3. The zero-order valence-corrected chi connectivity index (χ0v) is 12.1. The number of carbonyl (C=O) groups excluding carboxylic acids is 1. The monoisotopic (exact) mass is 270 g/mol. The first-order chi connectivity index (χ1) is 9.81. The maximum atomic E-state index is 12.0. The van der Waals surface area contributed by atoms with Gasteiger partial charge in [0.05, 0.1) is 5.69 Å². The van der Waals surface area contributed by atoms with Crippen LogP contribution in [0, 0.1) is 0 Å². The number of hydrogen-bond acceptors (Lipinski definition) is 2. The molecule has 0 saturated heterocycles. The zero-order chi connectivity index (χ0) is 14.2. The Bertz CT molecular complexity index is 531. The van der Waals surface area contributed by atoms with Crippen LogP contribution in [0.5, 0.6) is 0 Å². The van der Waals surface area contributed by atoms with Crippen LogP contribution in [0.4, 0.5) is 0 Å². The van der Waals surface area contributed by atoms with E-state index in [1.165, 1.54) is 19.3 Å². The predicted molar refractivity (Wildman–Crippen MR) is 81.3 cm³/mol. The predicted octanol–water partition coefficient (Wildman–Crippen LogP) is 4.42. The molecule has 0 N–H and O–H groups in total. The highest BCUT2D eigenvalue weighted by Crippen LogP contribution is 2.11. The molecule has 3 nitrogen and oxygen atoms in total. The quantitative estimate of drug-likeness (QED) is 0.526. The Morgan fingerprint density at radius 2 is 1.80 bits per heavy atom. The minimum absolute atomic E-state index is 0.149. The second-order valence-electron chi connectivity index (χ2n) is 5.07. The first-order valence-electron chi connectivity index (χ1n) is 7.45. The van der Waals surface area contributed by atoms with Crippen LogP contribution in [0.1, 0.15) is 55.9 Å². The summed E-state index contributed by atoms with van der Waals surface area (Å²) in [5.41, 5.74) is 1.55. The zero-order valence-electron chi connectivity index (χ0n) is 12.1. The van der Waals surface area contributed by atoms with Crippen molar-refractivity contribution in [1.82, 2.24) is 9.78 Å². The number of para-hydroxylation sites is 1. The van der Waals surface area contributed by atoms with Crippen LogP contribution in [0.3, 0.4) is 0 Å². The molecular formula is C17H22N2O. The van der Waals surface area contributed by atoms with Crippen molar-refractivity contribution in [2.45, 2.75) is 45.4 Å². The maximum absolute atomic E-state index is 12.0. The van der Waals surface area contributed by atoms with Gasteiger partial charge >= 0.3 is 0 Å². The number of hydrogen-bond donors (Lipinski definition) is 0. The molecule has 0 aliphatic carbocycles. The second kappa shape index (κ2) is 7.63. The Morgan fingerprint density at radius 3 is 2.55 bits per heavy atom. The molecule has 0 atom stereocenters. The molecule has 1 aromatic carbocycles. The van der Waals surface area contributed by atoms with Gasteiger partial charge < -0.3 is 0 Å². The van der Waals surface area contributed by atoms with Gasteiger partial charge in [0, 0.05) is 12.6 Å². The third-order valence-corrected chi connectivity index (χ3v) is 3.40. The van der Waals surface area contributed by atoms with Crippen molar-refractivity contribution >= 4 is 5.78 Å². The molecule has 1 aromatic heterocycles. The highest BCUT2D eigenvalue weighted by molar-refractivity contribution is 5.94. The first-order valence-corrected chi connectivity index (χ1v) is 7.45. The van der Waals surface area contributed by atoms with Gasteiger partial charge in [-0.2, -0.15) is 5.10 Å². The number of rotatable bonds is 8. The molecule has 0 radical (unpaired) electrons. The SMILES string of the molecule is CCCCCCCC(=O)c1ccn(-c2ccccc2)n1. The van der Waals surface area contributed by atoms with Crippen LogP contribution < -0.4 is 0 Å². The van der Waals surface area contributed by atoms with E-state index in [-0.39, 0.29) is 5.78 Å². The van der Waals surface area contributed by atoms with Crippen molar-refractivity contribution in [2.24, 2.45) is 0 Å². The summed E-state index contributed by atoms with van der Waals surface area (Å²) in [6.45, 7) is 2.20. The van der Waals surface area contributed by atoms with Gasteiger partial charge in [0.2, 0.25) is 0 Å². The number of nitrogens with zero attached hydrogens (tertiary/aromatic N) is 2. The topological polar surface area (TPSA) is 34.9 Å². The lowest BCUT2D eigenvalue weighted by molar-refractivity contribution is 0.0974. The second-order valence-corrected chi connectivity index (χ2v) is 5.07. The molecule has 106 valence electrons. The average molecular weight is 270 g/mol. The fourth-order valence-electron chi connectivity index (χ4n) is 2.21.